The number of hydrogen-bond donors (Lipinski definition) is 2. The van der Waals surface area contributed by atoms with Gasteiger partial charge in [-0.2, -0.15) is 4.31 Å². The van der Waals surface area contributed by atoms with Gasteiger partial charge in [-0.25, -0.2) is 8.42 Å². The Morgan fingerprint density at radius 2 is 1.93 bits per heavy atom. The molecule has 1 amide bonds. The summed E-state index contributed by atoms with van der Waals surface area (Å²) in [4.78, 5) is 12.8. The summed E-state index contributed by atoms with van der Waals surface area (Å²) in [5, 5.41) is 2.88. The number of carbonyl (C=O) groups excluding carboxylic acids is 1. The van der Waals surface area contributed by atoms with Crippen molar-refractivity contribution in [3.8, 4) is 5.75 Å². The highest BCUT2D eigenvalue weighted by atomic mass is 35.5. The van der Waals surface area contributed by atoms with E-state index in [4.69, 9.17) is 10.5 Å². The topological polar surface area (TPSA) is 102 Å². The summed E-state index contributed by atoms with van der Waals surface area (Å²) in [6.07, 6.45) is 5.34. The quantitative estimate of drug-likeness (QED) is 0.746. The third kappa shape index (κ3) is 4.62. The highest BCUT2D eigenvalue weighted by Gasteiger charge is 2.38. The summed E-state index contributed by atoms with van der Waals surface area (Å²) in [5.74, 6) is -0.152. The Balaban J connectivity index is 0.00000280. The van der Waals surface area contributed by atoms with Crippen molar-refractivity contribution < 1.29 is 17.9 Å². The first-order valence-corrected chi connectivity index (χ1v) is 11.0. The van der Waals surface area contributed by atoms with E-state index < -0.39 is 15.6 Å². The molecule has 0 spiro atoms. The van der Waals surface area contributed by atoms with Gasteiger partial charge >= 0.3 is 0 Å². The average Bonchev–Trinajstić information content (AvgIpc) is 3.16. The molecule has 2 aliphatic rings. The summed E-state index contributed by atoms with van der Waals surface area (Å²) in [5.41, 5.74) is 6.30. The molecule has 7 nitrogen and oxygen atoms in total. The number of methoxy groups -OCH3 is 1. The Hall–Kier alpha value is -1.35. The first kappa shape index (κ1) is 22.9. The molecule has 1 aliphatic carbocycles. The first-order valence-electron chi connectivity index (χ1n) is 9.53. The Labute approximate surface area is 173 Å². The Kier molecular flexibility index (Phi) is 7.36. The minimum atomic E-state index is -3.59. The summed E-state index contributed by atoms with van der Waals surface area (Å²) < 4.78 is 32.4. The van der Waals surface area contributed by atoms with Gasteiger partial charge in [0.2, 0.25) is 15.9 Å². The summed E-state index contributed by atoms with van der Waals surface area (Å²) >= 11 is 0. The van der Waals surface area contributed by atoms with Gasteiger partial charge < -0.3 is 15.8 Å². The lowest BCUT2D eigenvalue weighted by atomic mass is 9.74. The van der Waals surface area contributed by atoms with Crippen LogP contribution in [0.4, 0.5) is 5.69 Å². The van der Waals surface area contributed by atoms with Crippen molar-refractivity contribution in [1.82, 2.24) is 4.31 Å². The Morgan fingerprint density at radius 3 is 2.54 bits per heavy atom. The van der Waals surface area contributed by atoms with Gasteiger partial charge in [-0.1, -0.05) is 12.8 Å². The average molecular weight is 432 g/mol. The number of nitrogens with two attached hydrogens (primary N) is 1. The van der Waals surface area contributed by atoms with Crippen LogP contribution in [0.2, 0.25) is 0 Å². The van der Waals surface area contributed by atoms with Crippen molar-refractivity contribution in [1.29, 1.82) is 0 Å². The number of carbonyl (C=O) groups is 1. The lowest BCUT2D eigenvalue weighted by molar-refractivity contribution is -0.122. The zero-order valence-corrected chi connectivity index (χ0v) is 18.1. The van der Waals surface area contributed by atoms with E-state index in [1.807, 2.05) is 6.92 Å². The van der Waals surface area contributed by atoms with Gasteiger partial charge in [0.1, 0.15) is 10.6 Å². The van der Waals surface area contributed by atoms with Crippen LogP contribution < -0.4 is 15.8 Å². The monoisotopic (exact) mass is 431 g/mol. The summed E-state index contributed by atoms with van der Waals surface area (Å²) in [6, 6.07) is 4.68. The fourth-order valence-electron chi connectivity index (χ4n) is 4.04. The molecule has 1 aromatic rings. The first-order chi connectivity index (χ1) is 12.8. The number of amides is 1. The van der Waals surface area contributed by atoms with Crippen molar-refractivity contribution in [2.75, 3.05) is 25.5 Å². The normalized spacial score (nSPS) is 25.8. The van der Waals surface area contributed by atoms with Gasteiger partial charge in [0.25, 0.3) is 0 Å². The highest BCUT2D eigenvalue weighted by Crippen LogP contribution is 2.34. The van der Waals surface area contributed by atoms with E-state index in [0.29, 0.717) is 18.8 Å². The second kappa shape index (κ2) is 8.98. The van der Waals surface area contributed by atoms with Gasteiger partial charge in [-0.3, -0.25) is 4.79 Å². The summed E-state index contributed by atoms with van der Waals surface area (Å²) in [6.45, 7) is 2.98. The smallest absolute Gasteiger partial charge is 0.246 e. The molecule has 0 bridgehead atoms. The zero-order chi connectivity index (χ0) is 19.7. The van der Waals surface area contributed by atoms with Crippen LogP contribution in [-0.2, 0) is 14.8 Å². The number of ether oxygens (including phenoxy) is 1. The number of hydrogen-bond acceptors (Lipinski definition) is 5. The van der Waals surface area contributed by atoms with Crippen LogP contribution in [0.1, 0.15) is 45.4 Å². The van der Waals surface area contributed by atoms with Crippen molar-refractivity contribution in [3.05, 3.63) is 18.2 Å². The van der Waals surface area contributed by atoms with Gasteiger partial charge in [-0.05, 0) is 44.7 Å². The Bertz CT molecular complexity index is 807. The van der Waals surface area contributed by atoms with E-state index in [-0.39, 0.29) is 34.9 Å². The molecule has 1 saturated heterocycles. The number of anilines is 1. The largest absolute Gasteiger partial charge is 0.495 e. The molecule has 3 N–H and O–H groups in total. The SMILES string of the molecule is COc1cc(NC(=O)C2CCCCC2(C)N)ccc1S(=O)(=O)N1CCCC1.Cl. The molecule has 2 fully saturated rings. The predicted molar refractivity (Wildman–Crippen MR) is 111 cm³/mol. The second-order valence-corrected chi connectivity index (χ2v) is 9.68. The lowest BCUT2D eigenvalue weighted by Gasteiger charge is -2.37. The maximum atomic E-state index is 12.8. The molecule has 0 aromatic heterocycles. The van der Waals surface area contributed by atoms with Crippen molar-refractivity contribution in [3.63, 3.8) is 0 Å². The zero-order valence-electron chi connectivity index (χ0n) is 16.4. The van der Waals surface area contributed by atoms with Crippen LogP contribution in [0.15, 0.2) is 23.1 Å². The van der Waals surface area contributed by atoms with Gasteiger partial charge in [0, 0.05) is 30.4 Å². The minimum Gasteiger partial charge on any atom is -0.495 e. The molecular weight excluding hydrogens is 402 g/mol. The van der Waals surface area contributed by atoms with Gasteiger partial charge in [0.05, 0.1) is 13.0 Å². The second-order valence-electron chi connectivity index (χ2n) is 7.77. The molecule has 9 heteroatoms. The summed E-state index contributed by atoms with van der Waals surface area (Å²) in [7, 11) is -2.16. The lowest BCUT2D eigenvalue weighted by Crippen LogP contribution is -2.51. The molecule has 2 atom stereocenters. The highest BCUT2D eigenvalue weighted by molar-refractivity contribution is 7.89. The van der Waals surface area contributed by atoms with Crippen molar-refractivity contribution in [2.45, 2.75) is 55.9 Å². The van der Waals surface area contributed by atoms with Gasteiger partial charge in [-0.15, -0.1) is 12.4 Å². The van der Waals surface area contributed by atoms with E-state index in [0.717, 1.165) is 38.5 Å². The number of sulfonamides is 1. The minimum absolute atomic E-state index is 0. The van der Waals surface area contributed by atoms with Gasteiger partial charge in [0.15, 0.2) is 0 Å². The van der Waals surface area contributed by atoms with Crippen LogP contribution >= 0.6 is 12.4 Å². The molecule has 3 rings (SSSR count). The van der Waals surface area contributed by atoms with Crippen LogP contribution in [0, 0.1) is 5.92 Å². The number of nitrogens with zero attached hydrogens (tertiary/aromatic N) is 1. The number of nitrogens with one attached hydrogen (secondary N) is 1. The maximum Gasteiger partial charge on any atom is 0.246 e. The van der Waals surface area contributed by atoms with E-state index in [1.165, 1.54) is 17.5 Å². The number of benzene rings is 1. The maximum absolute atomic E-state index is 12.8. The van der Waals surface area contributed by atoms with Crippen LogP contribution in [0.25, 0.3) is 0 Å². The van der Waals surface area contributed by atoms with Crippen molar-refractivity contribution >= 4 is 34.0 Å². The Morgan fingerprint density at radius 1 is 1.25 bits per heavy atom. The molecule has 0 radical (unpaired) electrons. The molecular formula is C19H30ClN3O4S. The molecule has 2 unspecified atom stereocenters. The molecule has 28 heavy (non-hydrogen) atoms. The third-order valence-electron chi connectivity index (χ3n) is 5.68. The van der Waals surface area contributed by atoms with E-state index in [9.17, 15) is 13.2 Å². The fraction of sp³-hybridized carbons (Fsp3) is 0.632. The molecule has 1 aliphatic heterocycles. The van der Waals surface area contributed by atoms with Crippen LogP contribution in [0.5, 0.6) is 5.75 Å². The van der Waals surface area contributed by atoms with Crippen molar-refractivity contribution in [2.24, 2.45) is 11.7 Å². The fourth-order valence-corrected chi connectivity index (χ4v) is 5.70. The molecule has 158 valence electrons. The standard InChI is InChI=1S/C19H29N3O4S.ClH/c1-19(20)10-4-3-7-15(19)18(23)21-14-8-9-17(16(13-14)26-2)27(24,25)22-11-5-6-12-22;/h8-9,13,15H,3-7,10-12,20H2,1-2H3,(H,21,23);1H. The predicted octanol–water partition coefficient (Wildman–Crippen LogP) is 2.75. The van der Waals surface area contributed by atoms with Crippen LogP contribution in [-0.4, -0.2) is 44.4 Å². The number of halogens is 1. The molecule has 1 aromatic carbocycles. The molecule has 1 heterocycles. The van der Waals surface area contributed by atoms with E-state index >= 15 is 0 Å². The third-order valence-corrected chi connectivity index (χ3v) is 7.62. The molecule has 1 saturated carbocycles. The number of rotatable bonds is 5. The van der Waals surface area contributed by atoms with Crippen LogP contribution in [0.3, 0.4) is 0 Å². The van der Waals surface area contributed by atoms with E-state index in [1.54, 1.807) is 12.1 Å². The van der Waals surface area contributed by atoms with E-state index in [2.05, 4.69) is 5.32 Å².